The first-order valence-corrected chi connectivity index (χ1v) is 10.6. The zero-order valence-corrected chi connectivity index (χ0v) is 19.4. The lowest BCUT2D eigenvalue weighted by Crippen LogP contribution is -2.49. The summed E-state index contributed by atoms with van der Waals surface area (Å²) in [5.41, 5.74) is 3.10. The van der Waals surface area contributed by atoms with Crippen LogP contribution in [-0.4, -0.2) is 43.0 Å². The molecular weight excluding hydrogens is 392 g/mol. The quantitative estimate of drug-likeness (QED) is 0.626. The van der Waals surface area contributed by atoms with Crippen LogP contribution >= 0.6 is 0 Å². The van der Waals surface area contributed by atoms with Crippen LogP contribution in [0.4, 0.5) is 0 Å². The minimum Gasteiger partial charge on any atom is -0.493 e. The van der Waals surface area contributed by atoms with E-state index in [1.165, 1.54) is 0 Å². The lowest BCUT2D eigenvalue weighted by Gasteiger charge is -2.29. The van der Waals surface area contributed by atoms with E-state index < -0.39 is 6.04 Å². The van der Waals surface area contributed by atoms with Crippen molar-refractivity contribution in [2.75, 3.05) is 14.2 Å². The number of nitrogens with zero attached hydrogens (tertiary/aromatic N) is 1. The first-order chi connectivity index (χ1) is 14.7. The minimum absolute atomic E-state index is 0.0117. The molecular formula is C25H34N2O4. The largest absolute Gasteiger partial charge is 0.493 e. The molecule has 0 aromatic heterocycles. The Morgan fingerprint density at radius 1 is 0.968 bits per heavy atom. The lowest BCUT2D eigenvalue weighted by molar-refractivity contribution is -0.140. The van der Waals surface area contributed by atoms with Gasteiger partial charge in [-0.3, -0.25) is 9.59 Å². The molecule has 0 spiro atoms. The van der Waals surface area contributed by atoms with Crippen molar-refractivity contribution in [2.24, 2.45) is 0 Å². The zero-order valence-electron chi connectivity index (χ0n) is 19.4. The van der Waals surface area contributed by atoms with Gasteiger partial charge in [0.15, 0.2) is 11.5 Å². The molecule has 0 bridgehead atoms. The molecule has 0 heterocycles. The van der Waals surface area contributed by atoms with Gasteiger partial charge < -0.3 is 19.7 Å². The highest BCUT2D eigenvalue weighted by Gasteiger charge is 2.26. The van der Waals surface area contributed by atoms with Crippen LogP contribution in [-0.2, 0) is 22.6 Å². The number of ether oxygens (including phenoxy) is 2. The fraction of sp³-hybridized carbons (Fsp3) is 0.440. The normalized spacial score (nSPS) is 11.7. The average Bonchev–Trinajstić information content (AvgIpc) is 2.74. The lowest BCUT2D eigenvalue weighted by atomic mass is 10.1. The standard InChI is InChI=1S/C25H34N2O4/c1-17(2)26-25(29)19(4)27(16-21-9-7-8-18(3)14-21)24(28)13-11-20-10-12-22(30-5)23(15-20)31-6/h7-10,12,14-15,17,19H,11,13,16H2,1-6H3,(H,26,29)/t19-/m0/s1. The molecule has 2 rings (SSSR count). The SMILES string of the molecule is COc1ccc(CCC(=O)N(Cc2cccc(C)c2)[C@@H](C)C(=O)NC(C)C)cc1OC. The van der Waals surface area contributed by atoms with Crippen molar-refractivity contribution < 1.29 is 19.1 Å². The molecule has 0 aliphatic heterocycles. The third-order valence-corrected chi connectivity index (χ3v) is 5.11. The number of amides is 2. The molecule has 0 saturated carbocycles. The Labute approximate surface area is 185 Å². The number of aryl methyl sites for hydroxylation is 2. The van der Waals surface area contributed by atoms with Gasteiger partial charge in [0, 0.05) is 19.0 Å². The fourth-order valence-electron chi connectivity index (χ4n) is 3.43. The molecule has 2 aromatic rings. The fourth-order valence-corrected chi connectivity index (χ4v) is 3.43. The van der Waals surface area contributed by atoms with Gasteiger partial charge >= 0.3 is 0 Å². The van der Waals surface area contributed by atoms with Crippen molar-refractivity contribution in [3.63, 3.8) is 0 Å². The molecule has 0 aliphatic carbocycles. The summed E-state index contributed by atoms with van der Waals surface area (Å²) in [4.78, 5) is 27.5. The van der Waals surface area contributed by atoms with E-state index in [1.807, 2.05) is 63.2 Å². The molecule has 0 saturated heterocycles. The number of carbonyl (C=O) groups excluding carboxylic acids is 2. The Balaban J connectivity index is 2.17. The molecule has 1 atom stereocenters. The van der Waals surface area contributed by atoms with E-state index in [2.05, 4.69) is 5.32 Å². The Hall–Kier alpha value is -3.02. The molecule has 0 aliphatic rings. The van der Waals surface area contributed by atoms with E-state index in [0.29, 0.717) is 30.9 Å². The maximum absolute atomic E-state index is 13.2. The van der Waals surface area contributed by atoms with Gasteiger partial charge in [0.05, 0.1) is 14.2 Å². The van der Waals surface area contributed by atoms with Gasteiger partial charge in [-0.1, -0.05) is 35.9 Å². The number of nitrogens with one attached hydrogen (secondary N) is 1. The molecule has 31 heavy (non-hydrogen) atoms. The van der Waals surface area contributed by atoms with E-state index >= 15 is 0 Å². The van der Waals surface area contributed by atoms with Crippen molar-refractivity contribution in [1.82, 2.24) is 10.2 Å². The van der Waals surface area contributed by atoms with Gasteiger partial charge in [-0.15, -0.1) is 0 Å². The first kappa shape index (κ1) is 24.3. The Morgan fingerprint density at radius 3 is 2.29 bits per heavy atom. The number of hydrogen-bond acceptors (Lipinski definition) is 4. The molecule has 0 radical (unpaired) electrons. The van der Waals surface area contributed by atoms with Crippen LogP contribution in [0.15, 0.2) is 42.5 Å². The molecule has 2 amide bonds. The predicted molar refractivity (Wildman–Crippen MR) is 122 cm³/mol. The average molecular weight is 427 g/mol. The molecule has 6 nitrogen and oxygen atoms in total. The smallest absolute Gasteiger partial charge is 0.242 e. The van der Waals surface area contributed by atoms with Gasteiger partial charge in [0.1, 0.15) is 6.04 Å². The Kier molecular flexibility index (Phi) is 8.91. The molecule has 6 heteroatoms. The van der Waals surface area contributed by atoms with E-state index in [9.17, 15) is 9.59 Å². The molecule has 0 unspecified atom stereocenters. The van der Waals surface area contributed by atoms with Gasteiger partial charge in [-0.2, -0.15) is 0 Å². The second-order valence-corrected chi connectivity index (χ2v) is 8.04. The molecule has 2 aromatic carbocycles. The van der Waals surface area contributed by atoms with E-state index in [-0.39, 0.29) is 17.9 Å². The zero-order chi connectivity index (χ0) is 23.0. The number of hydrogen-bond donors (Lipinski definition) is 1. The molecule has 1 N–H and O–H groups in total. The number of benzene rings is 2. The summed E-state index contributed by atoms with van der Waals surface area (Å²) in [7, 11) is 3.18. The number of carbonyl (C=O) groups is 2. The van der Waals surface area contributed by atoms with E-state index in [0.717, 1.165) is 16.7 Å². The van der Waals surface area contributed by atoms with Gasteiger partial charge in [-0.05, 0) is 57.4 Å². The summed E-state index contributed by atoms with van der Waals surface area (Å²) in [6, 6.07) is 13.1. The number of rotatable bonds is 10. The highest BCUT2D eigenvalue weighted by Crippen LogP contribution is 2.28. The van der Waals surface area contributed by atoms with Crippen LogP contribution in [0.2, 0.25) is 0 Å². The summed E-state index contributed by atoms with van der Waals surface area (Å²) >= 11 is 0. The van der Waals surface area contributed by atoms with Crippen LogP contribution in [0.25, 0.3) is 0 Å². The summed E-state index contributed by atoms with van der Waals surface area (Å²) in [6.07, 6.45) is 0.836. The highest BCUT2D eigenvalue weighted by atomic mass is 16.5. The minimum atomic E-state index is -0.569. The Bertz CT molecular complexity index is 895. The van der Waals surface area contributed by atoms with Crippen LogP contribution in [0.1, 0.15) is 43.9 Å². The number of methoxy groups -OCH3 is 2. The molecule has 0 fully saturated rings. The first-order valence-electron chi connectivity index (χ1n) is 10.6. The van der Waals surface area contributed by atoms with Crippen molar-refractivity contribution in [2.45, 2.75) is 59.2 Å². The van der Waals surface area contributed by atoms with E-state index in [1.54, 1.807) is 26.0 Å². The second kappa shape index (κ2) is 11.4. The highest BCUT2D eigenvalue weighted by molar-refractivity contribution is 5.87. The maximum Gasteiger partial charge on any atom is 0.242 e. The Morgan fingerprint density at radius 2 is 1.68 bits per heavy atom. The van der Waals surface area contributed by atoms with Crippen LogP contribution < -0.4 is 14.8 Å². The summed E-state index contributed by atoms with van der Waals surface area (Å²) in [5, 5.41) is 2.91. The monoisotopic (exact) mass is 426 g/mol. The van der Waals surface area contributed by atoms with E-state index in [4.69, 9.17) is 9.47 Å². The maximum atomic E-state index is 13.2. The summed E-state index contributed by atoms with van der Waals surface area (Å²) in [6.45, 7) is 8.01. The predicted octanol–water partition coefficient (Wildman–Crippen LogP) is 3.89. The van der Waals surface area contributed by atoms with Gasteiger partial charge in [0.25, 0.3) is 0 Å². The van der Waals surface area contributed by atoms with Crippen molar-refractivity contribution in [3.8, 4) is 11.5 Å². The van der Waals surface area contributed by atoms with Gasteiger partial charge in [0.2, 0.25) is 11.8 Å². The van der Waals surface area contributed by atoms with Crippen molar-refractivity contribution in [3.05, 3.63) is 59.2 Å². The second-order valence-electron chi connectivity index (χ2n) is 8.04. The van der Waals surface area contributed by atoms with Crippen molar-refractivity contribution >= 4 is 11.8 Å². The van der Waals surface area contributed by atoms with Gasteiger partial charge in [-0.25, -0.2) is 0 Å². The third-order valence-electron chi connectivity index (χ3n) is 5.11. The molecule has 168 valence electrons. The topological polar surface area (TPSA) is 67.9 Å². The van der Waals surface area contributed by atoms with Crippen molar-refractivity contribution in [1.29, 1.82) is 0 Å². The van der Waals surface area contributed by atoms with Crippen LogP contribution in [0, 0.1) is 6.92 Å². The van der Waals surface area contributed by atoms with Crippen LogP contribution in [0.3, 0.4) is 0 Å². The summed E-state index contributed by atoms with van der Waals surface area (Å²) in [5.74, 6) is 1.07. The summed E-state index contributed by atoms with van der Waals surface area (Å²) < 4.78 is 10.6. The third kappa shape index (κ3) is 7.02. The van der Waals surface area contributed by atoms with Crippen LogP contribution in [0.5, 0.6) is 11.5 Å².